The normalized spacial score (nSPS) is 18.6. The summed E-state index contributed by atoms with van der Waals surface area (Å²) in [5.41, 5.74) is 1.23. The lowest BCUT2D eigenvalue weighted by molar-refractivity contribution is -0.385. The summed E-state index contributed by atoms with van der Waals surface area (Å²) in [6.07, 6.45) is -0.151. The molecule has 1 N–H and O–H groups in total. The van der Waals surface area contributed by atoms with Crippen molar-refractivity contribution in [2.45, 2.75) is 12.5 Å². The molecule has 0 bridgehead atoms. The van der Waals surface area contributed by atoms with E-state index in [1.165, 1.54) is 30.3 Å². The third-order valence-corrected chi connectivity index (χ3v) is 5.50. The van der Waals surface area contributed by atoms with E-state index in [1.807, 2.05) is 0 Å². The molecule has 0 unspecified atom stereocenters. The highest BCUT2D eigenvalue weighted by Crippen LogP contribution is 2.33. The number of benzene rings is 2. The van der Waals surface area contributed by atoms with Gasteiger partial charge >= 0.3 is 0 Å². The van der Waals surface area contributed by atoms with Crippen LogP contribution in [0.15, 0.2) is 42.5 Å². The number of carbonyl (C=O) groups is 1. The Labute approximate surface area is 177 Å². The van der Waals surface area contributed by atoms with Crippen molar-refractivity contribution in [2.24, 2.45) is 0 Å². The maximum Gasteiger partial charge on any atom is 0.271 e. The third kappa shape index (κ3) is 4.56. The van der Waals surface area contributed by atoms with Crippen molar-refractivity contribution in [1.82, 2.24) is 4.90 Å². The third-order valence-electron chi connectivity index (χ3n) is 5.50. The largest absolute Gasteiger partial charge is 0.478 e. The molecule has 0 saturated carbocycles. The van der Waals surface area contributed by atoms with Crippen LogP contribution in [-0.4, -0.2) is 59.5 Å². The Morgan fingerprint density at radius 1 is 0.968 bits per heavy atom. The Balaban J connectivity index is 1.28. The summed E-state index contributed by atoms with van der Waals surface area (Å²) < 4.78 is 5.76. The topological polar surface area (TPSA) is 131 Å². The van der Waals surface area contributed by atoms with Gasteiger partial charge in [0.05, 0.1) is 15.5 Å². The minimum atomic E-state index is -0.651. The van der Waals surface area contributed by atoms with Gasteiger partial charge in [-0.2, -0.15) is 0 Å². The summed E-state index contributed by atoms with van der Waals surface area (Å²) in [7, 11) is 0. The average Bonchev–Trinajstić information content (AvgIpc) is 2.77. The van der Waals surface area contributed by atoms with Crippen LogP contribution in [0.25, 0.3) is 0 Å². The number of nitro groups is 2. The van der Waals surface area contributed by atoms with Gasteiger partial charge in [-0.3, -0.25) is 29.9 Å². The number of amides is 1. The van der Waals surface area contributed by atoms with E-state index < -0.39 is 16.0 Å². The number of nitro benzene ring substituents is 2. The monoisotopic (exact) mass is 427 g/mol. The Morgan fingerprint density at radius 3 is 2.26 bits per heavy atom. The number of carbonyl (C=O) groups excluding carboxylic acids is 1. The van der Waals surface area contributed by atoms with E-state index in [4.69, 9.17) is 4.74 Å². The molecule has 1 atom stereocenters. The molecular weight excluding hydrogens is 406 g/mol. The Hall–Kier alpha value is -3.73. The lowest BCUT2D eigenvalue weighted by Gasteiger charge is -2.36. The van der Waals surface area contributed by atoms with Crippen molar-refractivity contribution in [2.75, 3.05) is 42.9 Å². The molecule has 2 heterocycles. The standard InChI is InChI=1S/C20H21N5O6/c26-20-19(31-18-6-5-16(25(29)30)13-17(18)21-20)7-8-22-9-11-23(12-10-22)14-1-3-15(4-2-14)24(27)28/h1-6,13,19H,7-12H2,(H,21,26)/t19-/m0/s1. The smallest absolute Gasteiger partial charge is 0.271 e. The fourth-order valence-corrected chi connectivity index (χ4v) is 3.76. The van der Waals surface area contributed by atoms with Gasteiger partial charge in [-0.1, -0.05) is 0 Å². The van der Waals surface area contributed by atoms with Gasteiger partial charge in [0.1, 0.15) is 5.75 Å². The van der Waals surface area contributed by atoms with Gasteiger partial charge in [-0.25, -0.2) is 0 Å². The number of hydrogen-bond donors (Lipinski definition) is 1. The number of ether oxygens (including phenoxy) is 1. The van der Waals surface area contributed by atoms with Crippen LogP contribution in [0, 0.1) is 20.2 Å². The number of hydrogen-bond acceptors (Lipinski definition) is 8. The molecule has 0 aliphatic carbocycles. The van der Waals surface area contributed by atoms with Crippen molar-refractivity contribution in [3.8, 4) is 5.75 Å². The quantitative estimate of drug-likeness (QED) is 0.549. The number of non-ortho nitro benzene ring substituents is 2. The molecule has 0 spiro atoms. The Morgan fingerprint density at radius 2 is 1.61 bits per heavy atom. The number of nitrogens with zero attached hydrogens (tertiary/aromatic N) is 4. The number of nitrogens with one attached hydrogen (secondary N) is 1. The van der Waals surface area contributed by atoms with Crippen LogP contribution in [-0.2, 0) is 4.79 Å². The first-order valence-electron chi connectivity index (χ1n) is 9.88. The Bertz CT molecular complexity index is 1000. The van der Waals surface area contributed by atoms with Crippen LogP contribution in [0.3, 0.4) is 0 Å². The average molecular weight is 427 g/mol. The lowest BCUT2D eigenvalue weighted by atomic mass is 10.1. The molecule has 2 aliphatic rings. The molecule has 11 heteroatoms. The fourth-order valence-electron chi connectivity index (χ4n) is 3.76. The predicted molar refractivity (Wildman–Crippen MR) is 113 cm³/mol. The molecule has 31 heavy (non-hydrogen) atoms. The highest BCUT2D eigenvalue weighted by molar-refractivity contribution is 5.98. The van der Waals surface area contributed by atoms with Crippen LogP contribution in [0.1, 0.15) is 6.42 Å². The van der Waals surface area contributed by atoms with Gasteiger partial charge in [-0.15, -0.1) is 0 Å². The maximum absolute atomic E-state index is 12.3. The molecule has 0 radical (unpaired) electrons. The van der Waals surface area contributed by atoms with Gasteiger partial charge in [0, 0.05) is 69.1 Å². The van der Waals surface area contributed by atoms with E-state index in [-0.39, 0.29) is 17.3 Å². The summed E-state index contributed by atoms with van der Waals surface area (Å²) in [5.74, 6) is 0.121. The minimum Gasteiger partial charge on any atom is -0.478 e. The molecule has 4 rings (SSSR count). The molecule has 11 nitrogen and oxygen atoms in total. The van der Waals surface area contributed by atoms with Gasteiger partial charge < -0.3 is 15.0 Å². The SMILES string of the molecule is O=C1Nc2cc([N+](=O)[O-])ccc2O[C@H]1CCN1CCN(c2ccc([N+](=O)[O-])cc2)CC1. The van der Waals surface area contributed by atoms with E-state index >= 15 is 0 Å². The molecule has 2 aliphatic heterocycles. The molecular formula is C20H21N5O6. The molecule has 0 aromatic heterocycles. The zero-order valence-electron chi connectivity index (χ0n) is 16.6. The molecule has 1 fully saturated rings. The van der Waals surface area contributed by atoms with Crippen LogP contribution in [0.5, 0.6) is 5.75 Å². The second kappa shape index (κ2) is 8.56. The summed E-state index contributed by atoms with van der Waals surface area (Å²) >= 11 is 0. The molecule has 2 aromatic carbocycles. The molecule has 162 valence electrons. The number of anilines is 2. The zero-order valence-corrected chi connectivity index (χ0v) is 16.6. The number of rotatable bonds is 6. The van der Waals surface area contributed by atoms with E-state index in [9.17, 15) is 25.0 Å². The van der Waals surface area contributed by atoms with Crippen LogP contribution >= 0.6 is 0 Å². The second-order valence-electron chi connectivity index (χ2n) is 7.42. The highest BCUT2D eigenvalue weighted by Gasteiger charge is 2.29. The van der Waals surface area contributed by atoms with Crippen LogP contribution in [0.2, 0.25) is 0 Å². The predicted octanol–water partition coefficient (Wildman–Crippen LogP) is 2.41. The first-order chi connectivity index (χ1) is 14.9. The second-order valence-corrected chi connectivity index (χ2v) is 7.42. The van der Waals surface area contributed by atoms with Crippen molar-refractivity contribution in [3.63, 3.8) is 0 Å². The summed E-state index contributed by atoms with van der Waals surface area (Å²) in [4.78, 5) is 37.5. The van der Waals surface area contributed by atoms with E-state index in [2.05, 4.69) is 15.1 Å². The first kappa shape index (κ1) is 20.5. The minimum absolute atomic E-state index is 0.0734. The van der Waals surface area contributed by atoms with Gasteiger partial charge in [0.15, 0.2) is 6.10 Å². The number of fused-ring (bicyclic) bond motifs is 1. The highest BCUT2D eigenvalue weighted by atomic mass is 16.6. The van der Waals surface area contributed by atoms with E-state index in [0.29, 0.717) is 24.4 Å². The maximum atomic E-state index is 12.3. The summed E-state index contributed by atoms with van der Waals surface area (Å²) in [5, 5.41) is 24.4. The van der Waals surface area contributed by atoms with Gasteiger partial charge in [-0.05, 0) is 18.2 Å². The number of piperazine rings is 1. The van der Waals surface area contributed by atoms with Crippen molar-refractivity contribution in [1.29, 1.82) is 0 Å². The van der Waals surface area contributed by atoms with Gasteiger partial charge in [0.25, 0.3) is 17.3 Å². The van der Waals surface area contributed by atoms with Crippen molar-refractivity contribution < 1.29 is 19.4 Å². The van der Waals surface area contributed by atoms with Crippen molar-refractivity contribution in [3.05, 3.63) is 62.7 Å². The van der Waals surface area contributed by atoms with E-state index in [0.717, 1.165) is 31.9 Å². The summed E-state index contributed by atoms with van der Waals surface area (Å²) in [6, 6.07) is 10.7. The summed E-state index contributed by atoms with van der Waals surface area (Å²) in [6.45, 7) is 3.83. The molecule has 1 amide bonds. The van der Waals surface area contributed by atoms with Crippen LogP contribution < -0.4 is 15.0 Å². The van der Waals surface area contributed by atoms with E-state index in [1.54, 1.807) is 12.1 Å². The lowest BCUT2D eigenvalue weighted by Crippen LogP contribution is -2.48. The fraction of sp³-hybridized carbons (Fsp3) is 0.350. The molecule has 2 aromatic rings. The molecule has 1 saturated heterocycles. The van der Waals surface area contributed by atoms with Crippen molar-refractivity contribution >= 4 is 28.7 Å². The zero-order chi connectivity index (χ0) is 22.0. The first-order valence-corrected chi connectivity index (χ1v) is 9.88. The van der Waals surface area contributed by atoms with Crippen LogP contribution in [0.4, 0.5) is 22.7 Å². The van der Waals surface area contributed by atoms with Gasteiger partial charge in [0.2, 0.25) is 0 Å². The Kier molecular flexibility index (Phi) is 5.67.